The Labute approximate surface area is 74.0 Å². The number of hydrogen-bond donors (Lipinski definition) is 2. The van der Waals surface area contributed by atoms with Crippen LogP contribution in [0.3, 0.4) is 0 Å². The molecular weight excluding hydrogens is 154 g/mol. The van der Waals surface area contributed by atoms with Gasteiger partial charge in [0.05, 0.1) is 12.7 Å². The Kier molecular flexibility index (Phi) is 3.98. The van der Waals surface area contributed by atoms with Gasteiger partial charge in [-0.15, -0.1) is 0 Å². The minimum absolute atomic E-state index is 0.218. The second-order valence-corrected chi connectivity index (χ2v) is 3.63. The maximum absolute atomic E-state index is 9.08. The van der Waals surface area contributed by atoms with Crippen molar-refractivity contribution in [3.63, 3.8) is 0 Å². The largest absolute Gasteiger partial charge is 0.395 e. The molecular formula is C9H19NO2. The lowest BCUT2D eigenvalue weighted by atomic mass is 10.2. The molecule has 12 heavy (non-hydrogen) atoms. The molecule has 0 aromatic heterocycles. The van der Waals surface area contributed by atoms with Crippen LogP contribution in [0.15, 0.2) is 0 Å². The Hall–Kier alpha value is -0.120. The average molecular weight is 173 g/mol. The second kappa shape index (κ2) is 4.80. The van der Waals surface area contributed by atoms with Crippen molar-refractivity contribution in [2.24, 2.45) is 0 Å². The molecule has 1 aliphatic rings. The predicted octanol–water partition coefficient (Wildman–Crippen LogP) is 0.214. The minimum Gasteiger partial charge on any atom is -0.395 e. The van der Waals surface area contributed by atoms with E-state index in [0.717, 1.165) is 19.5 Å². The van der Waals surface area contributed by atoms with Gasteiger partial charge in [0.2, 0.25) is 0 Å². The van der Waals surface area contributed by atoms with Gasteiger partial charge in [0.25, 0.3) is 0 Å². The molecule has 1 unspecified atom stereocenters. The van der Waals surface area contributed by atoms with Gasteiger partial charge >= 0.3 is 0 Å². The number of aliphatic hydroxyl groups is 2. The predicted molar refractivity (Wildman–Crippen MR) is 48.0 cm³/mol. The van der Waals surface area contributed by atoms with Crippen LogP contribution in [0.5, 0.6) is 0 Å². The summed E-state index contributed by atoms with van der Waals surface area (Å²) in [6.07, 6.45) is 3.13. The average Bonchev–Trinajstić information content (AvgIpc) is 2.79. The fourth-order valence-electron chi connectivity index (χ4n) is 1.40. The summed E-state index contributed by atoms with van der Waals surface area (Å²) in [5.41, 5.74) is 0. The molecule has 2 N–H and O–H groups in total. The zero-order valence-electron chi connectivity index (χ0n) is 7.74. The Balaban J connectivity index is 2.13. The van der Waals surface area contributed by atoms with E-state index in [4.69, 9.17) is 10.2 Å². The zero-order chi connectivity index (χ0) is 8.97. The van der Waals surface area contributed by atoms with Crippen molar-refractivity contribution in [3.8, 4) is 0 Å². The van der Waals surface area contributed by atoms with Crippen LogP contribution >= 0.6 is 0 Å². The van der Waals surface area contributed by atoms with Crippen molar-refractivity contribution >= 4 is 0 Å². The zero-order valence-corrected chi connectivity index (χ0v) is 7.74. The highest BCUT2D eigenvalue weighted by molar-refractivity contribution is 4.84. The molecule has 0 saturated heterocycles. The third-order valence-electron chi connectivity index (χ3n) is 2.28. The highest BCUT2D eigenvalue weighted by Crippen LogP contribution is 2.26. The standard InChI is InChI=1S/C9H19NO2/c1-8(12)4-5-10(6-7-11)9-2-3-9/h8-9,11-12H,2-7H2,1H3. The Morgan fingerprint density at radius 1 is 1.42 bits per heavy atom. The first kappa shape index (κ1) is 9.96. The van der Waals surface area contributed by atoms with Crippen molar-refractivity contribution in [1.29, 1.82) is 0 Å². The van der Waals surface area contributed by atoms with E-state index < -0.39 is 0 Å². The summed E-state index contributed by atoms with van der Waals surface area (Å²) in [5.74, 6) is 0. The van der Waals surface area contributed by atoms with E-state index in [2.05, 4.69) is 4.90 Å². The lowest BCUT2D eigenvalue weighted by Crippen LogP contribution is -2.31. The normalized spacial score (nSPS) is 20.0. The number of nitrogens with zero attached hydrogens (tertiary/aromatic N) is 1. The molecule has 1 atom stereocenters. The lowest BCUT2D eigenvalue weighted by Gasteiger charge is -2.21. The van der Waals surface area contributed by atoms with Crippen LogP contribution in [-0.4, -0.2) is 47.0 Å². The summed E-state index contributed by atoms with van der Waals surface area (Å²) in [5, 5.41) is 17.9. The van der Waals surface area contributed by atoms with E-state index >= 15 is 0 Å². The molecule has 1 fully saturated rings. The van der Waals surface area contributed by atoms with E-state index in [-0.39, 0.29) is 12.7 Å². The molecule has 3 heteroatoms. The van der Waals surface area contributed by atoms with Crippen LogP contribution in [0.2, 0.25) is 0 Å². The fourth-order valence-corrected chi connectivity index (χ4v) is 1.40. The van der Waals surface area contributed by atoms with Crippen LogP contribution in [0.25, 0.3) is 0 Å². The summed E-state index contributed by atoms with van der Waals surface area (Å²) < 4.78 is 0. The van der Waals surface area contributed by atoms with Crippen LogP contribution in [-0.2, 0) is 0 Å². The first-order valence-corrected chi connectivity index (χ1v) is 4.77. The van der Waals surface area contributed by atoms with Gasteiger partial charge < -0.3 is 10.2 Å². The Morgan fingerprint density at radius 2 is 2.08 bits per heavy atom. The molecule has 0 aliphatic heterocycles. The molecule has 1 rings (SSSR count). The van der Waals surface area contributed by atoms with E-state index in [1.165, 1.54) is 12.8 Å². The smallest absolute Gasteiger partial charge is 0.0558 e. The quantitative estimate of drug-likeness (QED) is 0.603. The minimum atomic E-state index is -0.218. The van der Waals surface area contributed by atoms with Crippen molar-refractivity contribution in [2.45, 2.75) is 38.3 Å². The number of rotatable bonds is 6. The van der Waals surface area contributed by atoms with Crippen LogP contribution in [0, 0.1) is 0 Å². The van der Waals surface area contributed by atoms with Crippen LogP contribution in [0.4, 0.5) is 0 Å². The van der Waals surface area contributed by atoms with Gasteiger partial charge in [-0.3, -0.25) is 4.90 Å². The highest BCUT2D eigenvalue weighted by Gasteiger charge is 2.28. The molecule has 1 aliphatic carbocycles. The summed E-state index contributed by atoms with van der Waals surface area (Å²) in [6.45, 7) is 3.72. The van der Waals surface area contributed by atoms with E-state index in [9.17, 15) is 0 Å². The van der Waals surface area contributed by atoms with Crippen molar-refractivity contribution < 1.29 is 10.2 Å². The first-order chi connectivity index (χ1) is 5.74. The maximum atomic E-state index is 9.08. The van der Waals surface area contributed by atoms with Gasteiger partial charge in [0.1, 0.15) is 0 Å². The summed E-state index contributed by atoms with van der Waals surface area (Å²) in [6, 6.07) is 0.691. The third-order valence-corrected chi connectivity index (χ3v) is 2.28. The van der Waals surface area contributed by atoms with Crippen molar-refractivity contribution in [3.05, 3.63) is 0 Å². The molecule has 3 nitrogen and oxygen atoms in total. The topological polar surface area (TPSA) is 43.7 Å². The lowest BCUT2D eigenvalue weighted by molar-refractivity contribution is 0.138. The van der Waals surface area contributed by atoms with Crippen LogP contribution < -0.4 is 0 Å². The van der Waals surface area contributed by atoms with Crippen molar-refractivity contribution in [2.75, 3.05) is 19.7 Å². The number of hydrogen-bond acceptors (Lipinski definition) is 3. The van der Waals surface area contributed by atoms with Gasteiger partial charge in [-0.1, -0.05) is 0 Å². The van der Waals surface area contributed by atoms with Gasteiger partial charge in [0, 0.05) is 19.1 Å². The molecule has 0 radical (unpaired) electrons. The molecule has 0 heterocycles. The second-order valence-electron chi connectivity index (χ2n) is 3.63. The molecule has 0 aromatic carbocycles. The van der Waals surface area contributed by atoms with E-state index in [1.54, 1.807) is 0 Å². The van der Waals surface area contributed by atoms with Crippen molar-refractivity contribution in [1.82, 2.24) is 4.90 Å². The van der Waals surface area contributed by atoms with E-state index in [0.29, 0.717) is 6.04 Å². The fraction of sp³-hybridized carbons (Fsp3) is 1.00. The van der Waals surface area contributed by atoms with Gasteiger partial charge in [-0.2, -0.15) is 0 Å². The van der Waals surface area contributed by atoms with E-state index in [1.807, 2.05) is 6.92 Å². The summed E-state index contributed by atoms with van der Waals surface area (Å²) >= 11 is 0. The Morgan fingerprint density at radius 3 is 2.50 bits per heavy atom. The third kappa shape index (κ3) is 3.52. The summed E-state index contributed by atoms with van der Waals surface area (Å²) in [7, 11) is 0. The maximum Gasteiger partial charge on any atom is 0.0558 e. The molecule has 0 spiro atoms. The molecule has 72 valence electrons. The monoisotopic (exact) mass is 173 g/mol. The molecule has 0 bridgehead atoms. The van der Waals surface area contributed by atoms with Gasteiger partial charge in [0.15, 0.2) is 0 Å². The molecule has 0 amide bonds. The molecule has 0 aromatic rings. The van der Waals surface area contributed by atoms with Crippen LogP contribution in [0.1, 0.15) is 26.2 Å². The van der Waals surface area contributed by atoms with Gasteiger partial charge in [-0.25, -0.2) is 0 Å². The Bertz CT molecular complexity index is 124. The highest BCUT2D eigenvalue weighted by atomic mass is 16.3. The first-order valence-electron chi connectivity index (χ1n) is 4.77. The SMILES string of the molecule is CC(O)CCN(CCO)C1CC1. The summed E-state index contributed by atoms with van der Waals surface area (Å²) in [4.78, 5) is 2.27. The van der Waals surface area contributed by atoms with Gasteiger partial charge in [-0.05, 0) is 26.2 Å². The number of aliphatic hydroxyl groups excluding tert-OH is 2. The molecule has 1 saturated carbocycles.